The van der Waals surface area contributed by atoms with Gasteiger partial charge in [-0.05, 0) is 24.8 Å². The minimum Gasteiger partial charge on any atom is -0.383 e. The van der Waals surface area contributed by atoms with Gasteiger partial charge in [0.25, 0.3) is 0 Å². The van der Waals surface area contributed by atoms with E-state index in [2.05, 4.69) is 33.7 Å². The Morgan fingerprint density at radius 1 is 1.47 bits per heavy atom. The van der Waals surface area contributed by atoms with E-state index in [9.17, 15) is 0 Å². The number of H-pyrrole nitrogens is 1. The maximum atomic E-state index is 5.48. The molecule has 1 saturated heterocycles. The highest BCUT2D eigenvalue weighted by molar-refractivity contribution is 5.89. The molecular formula is C13H17N3O. The van der Waals surface area contributed by atoms with E-state index >= 15 is 0 Å². The molecule has 0 aliphatic carbocycles. The summed E-state index contributed by atoms with van der Waals surface area (Å²) >= 11 is 0. The fraction of sp³-hybridized carbons (Fsp3) is 0.462. The molecule has 1 atom stereocenters. The molecule has 0 radical (unpaired) electrons. The van der Waals surface area contributed by atoms with Gasteiger partial charge in [0.05, 0.1) is 24.0 Å². The van der Waals surface area contributed by atoms with Crippen molar-refractivity contribution in [1.29, 1.82) is 0 Å². The Bertz CT molecular complexity index is 488. The van der Waals surface area contributed by atoms with Crippen molar-refractivity contribution < 1.29 is 4.74 Å². The fourth-order valence-corrected chi connectivity index (χ4v) is 2.34. The van der Waals surface area contributed by atoms with Crippen LogP contribution in [0.5, 0.6) is 0 Å². The van der Waals surface area contributed by atoms with Crippen LogP contribution in [0, 0.1) is 5.92 Å². The van der Waals surface area contributed by atoms with Gasteiger partial charge in [-0.15, -0.1) is 0 Å². The number of ether oxygens (including phenoxy) is 1. The number of para-hydroxylation sites is 1. The summed E-state index contributed by atoms with van der Waals surface area (Å²) in [5.74, 6) is 0.627. The third kappa shape index (κ3) is 2.26. The van der Waals surface area contributed by atoms with Crippen molar-refractivity contribution >= 4 is 16.6 Å². The molecule has 2 aromatic rings. The summed E-state index contributed by atoms with van der Waals surface area (Å²) in [6.45, 7) is 2.77. The van der Waals surface area contributed by atoms with Crippen LogP contribution >= 0.6 is 0 Å². The Kier molecular flexibility index (Phi) is 2.96. The van der Waals surface area contributed by atoms with Gasteiger partial charge in [0.2, 0.25) is 0 Å². The first-order chi connectivity index (χ1) is 8.43. The Balaban J connectivity index is 1.69. The van der Waals surface area contributed by atoms with Crippen LogP contribution in [-0.4, -0.2) is 30.0 Å². The largest absolute Gasteiger partial charge is 0.383 e. The zero-order valence-corrected chi connectivity index (χ0v) is 9.78. The molecule has 0 amide bonds. The molecule has 17 heavy (non-hydrogen) atoms. The smallest absolute Gasteiger partial charge is 0.0881 e. The van der Waals surface area contributed by atoms with E-state index in [1.54, 1.807) is 0 Å². The van der Waals surface area contributed by atoms with Crippen molar-refractivity contribution in [3.63, 3.8) is 0 Å². The Morgan fingerprint density at radius 2 is 2.47 bits per heavy atom. The van der Waals surface area contributed by atoms with Crippen molar-refractivity contribution in [2.75, 3.05) is 25.1 Å². The summed E-state index contributed by atoms with van der Waals surface area (Å²) in [6.07, 6.45) is 4.29. The number of hydrogen-bond donors (Lipinski definition) is 2. The van der Waals surface area contributed by atoms with Gasteiger partial charge in [-0.3, -0.25) is 5.10 Å². The minimum atomic E-state index is 0.627. The molecule has 90 valence electrons. The van der Waals surface area contributed by atoms with Crippen LogP contribution in [0.15, 0.2) is 24.4 Å². The molecule has 4 nitrogen and oxygen atoms in total. The minimum absolute atomic E-state index is 0.627. The lowest BCUT2D eigenvalue weighted by atomic mass is 10.0. The fourth-order valence-electron chi connectivity index (χ4n) is 2.34. The van der Waals surface area contributed by atoms with Crippen LogP contribution in [-0.2, 0) is 4.74 Å². The van der Waals surface area contributed by atoms with Crippen molar-refractivity contribution in [1.82, 2.24) is 10.2 Å². The standard InChI is InChI=1S/C13H17N3O/c1-4-11-8-15-16-13(11)12(5-1)14-7-10-3-2-6-17-9-10/h1,4-5,8,10,14H,2-3,6-7,9H2,(H,15,16). The van der Waals surface area contributed by atoms with Crippen molar-refractivity contribution in [3.05, 3.63) is 24.4 Å². The SMILES string of the molecule is c1cc(NCC2CCCOC2)c2[nH]ncc2c1. The van der Waals surface area contributed by atoms with E-state index in [0.29, 0.717) is 5.92 Å². The number of benzene rings is 1. The van der Waals surface area contributed by atoms with Gasteiger partial charge in [-0.1, -0.05) is 12.1 Å². The Labute approximate surface area is 100 Å². The molecular weight excluding hydrogens is 214 g/mol. The number of nitrogens with zero attached hydrogens (tertiary/aromatic N) is 1. The van der Waals surface area contributed by atoms with Gasteiger partial charge in [0, 0.05) is 18.5 Å². The van der Waals surface area contributed by atoms with Crippen LogP contribution in [0.4, 0.5) is 5.69 Å². The number of aromatic amines is 1. The van der Waals surface area contributed by atoms with Crippen LogP contribution in [0.25, 0.3) is 10.9 Å². The van der Waals surface area contributed by atoms with Crippen molar-refractivity contribution in [3.8, 4) is 0 Å². The maximum Gasteiger partial charge on any atom is 0.0881 e. The Hall–Kier alpha value is -1.55. The van der Waals surface area contributed by atoms with Crippen molar-refractivity contribution in [2.24, 2.45) is 5.92 Å². The first-order valence-electron chi connectivity index (χ1n) is 6.17. The quantitative estimate of drug-likeness (QED) is 0.852. The summed E-state index contributed by atoms with van der Waals surface area (Å²) in [6, 6.07) is 6.20. The average molecular weight is 231 g/mol. The normalized spacial score (nSPS) is 20.6. The summed E-state index contributed by atoms with van der Waals surface area (Å²) in [4.78, 5) is 0. The molecule has 0 saturated carbocycles. The first-order valence-corrected chi connectivity index (χ1v) is 6.17. The predicted octanol–water partition coefficient (Wildman–Crippen LogP) is 2.40. The van der Waals surface area contributed by atoms with Gasteiger partial charge < -0.3 is 10.1 Å². The van der Waals surface area contributed by atoms with Crippen LogP contribution < -0.4 is 5.32 Å². The molecule has 1 aliphatic rings. The first kappa shape index (κ1) is 10.6. The molecule has 0 bridgehead atoms. The van der Waals surface area contributed by atoms with E-state index in [4.69, 9.17) is 4.74 Å². The van der Waals surface area contributed by atoms with Crippen LogP contribution in [0.1, 0.15) is 12.8 Å². The average Bonchev–Trinajstić information content (AvgIpc) is 2.86. The van der Waals surface area contributed by atoms with E-state index in [-0.39, 0.29) is 0 Å². The van der Waals surface area contributed by atoms with E-state index in [1.165, 1.54) is 12.8 Å². The van der Waals surface area contributed by atoms with E-state index in [1.807, 2.05) is 6.20 Å². The lowest BCUT2D eigenvalue weighted by Gasteiger charge is -2.22. The molecule has 4 heteroatoms. The van der Waals surface area contributed by atoms with E-state index in [0.717, 1.165) is 36.3 Å². The number of fused-ring (bicyclic) bond motifs is 1. The van der Waals surface area contributed by atoms with Gasteiger partial charge in [-0.25, -0.2) is 0 Å². The zero-order valence-electron chi connectivity index (χ0n) is 9.78. The predicted molar refractivity (Wildman–Crippen MR) is 68.1 cm³/mol. The molecule has 1 fully saturated rings. The van der Waals surface area contributed by atoms with E-state index < -0.39 is 0 Å². The van der Waals surface area contributed by atoms with Crippen molar-refractivity contribution in [2.45, 2.75) is 12.8 Å². The highest BCUT2D eigenvalue weighted by atomic mass is 16.5. The number of rotatable bonds is 3. The molecule has 2 heterocycles. The van der Waals surface area contributed by atoms with Crippen LogP contribution in [0.3, 0.4) is 0 Å². The molecule has 1 aromatic carbocycles. The Morgan fingerprint density at radius 3 is 3.35 bits per heavy atom. The zero-order chi connectivity index (χ0) is 11.5. The van der Waals surface area contributed by atoms with Gasteiger partial charge in [-0.2, -0.15) is 5.10 Å². The molecule has 0 spiro atoms. The second-order valence-electron chi connectivity index (χ2n) is 4.60. The monoisotopic (exact) mass is 231 g/mol. The number of nitrogens with one attached hydrogen (secondary N) is 2. The second-order valence-corrected chi connectivity index (χ2v) is 4.60. The summed E-state index contributed by atoms with van der Waals surface area (Å²) in [5.41, 5.74) is 2.22. The third-order valence-electron chi connectivity index (χ3n) is 3.31. The lowest BCUT2D eigenvalue weighted by Crippen LogP contribution is -2.24. The summed E-state index contributed by atoms with van der Waals surface area (Å²) in [7, 11) is 0. The highest BCUT2D eigenvalue weighted by Gasteiger charge is 2.13. The van der Waals surface area contributed by atoms with Gasteiger partial charge in [0.1, 0.15) is 0 Å². The summed E-state index contributed by atoms with van der Waals surface area (Å²) in [5, 5.41) is 11.7. The van der Waals surface area contributed by atoms with Crippen LogP contribution in [0.2, 0.25) is 0 Å². The maximum absolute atomic E-state index is 5.48. The molecule has 2 N–H and O–H groups in total. The van der Waals surface area contributed by atoms with Gasteiger partial charge >= 0.3 is 0 Å². The topological polar surface area (TPSA) is 49.9 Å². The lowest BCUT2D eigenvalue weighted by molar-refractivity contribution is 0.0595. The number of hydrogen-bond acceptors (Lipinski definition) is 3. The molecule has 1 unspecified atom stereocenters. The number of aromatic nitrogens is 2. The van der Waals surface area contributed by atoms with Gasteiger partial charge in [0.15, 0.2) is 0 Å². The summed E-state index contributed by atoms with van der Waals surface area (Å²) < 4.78 is 5.48. The number of anilines is 1. The third-order valence-corrected chi connectivity index (χ3v) is 3.31. The second kappa shape index (κ2) is 4.75. The highest BCUT2D eigenvalue weighted by Crippen LogP contribution is 2.21. The molecule has 3 rings (SSSR count). The molecule has 1 aliphatic heterocycles. The molecule has 1 aromatic heterocycles.